The lowest BCUT2D eigenvalue weighted by atomic mass is 9.69. The summed E-state index contributed by atoms with van der Waals surface area (Å²) in [5, 5.41) is 3.03. The van der Waals surface area contributed by atoms with E-state index in [1.54, 1.807) is 22.3 Å². The van der Waals surface area contributed by atoms with Crippen LogP contribution in [0.1, 0.15) is 92.0 Å². The third-order valence-corrected chi connectivity index (χ3v) is 9.25. The Labute approximate surface area is 178 Å². The lowest BCUT2D eigenvalue weighted by Gasteiger charge is -2.38. The Morgan fingerprint density at radius 3 is 1.31 bits per heavy atom. The second-order valence-corrected chi connectivity index (χ2v) is 10.1. The molecule has 2 aliphatic heterocycles. The fraction of sp³-hybridized carbons (Fsp3) is 0.571. The summed E-state index contributed by atoms with van der Waals surface area (Å²) in [4.78, 5) is 2.84. The minimum atomic E-state index is 0.0194. The van der Waals surface area contributed by atoms with Crippen molar-refractivity contribution in [2.45, 2.75) is 100 Å². The minimum absolute atomic E-state index is 0.0194. The topological polar surface area (TPSA) is 3.24 Å². The van der Waals surface area contributed by atoms with Crippen LogP contribution in [-0.4, -0.2) is 11.4 Å². The van der Waals surface area contributed by atoms with E-state index in [0.717, 1.165) is 6.54 Å². The molecule has 0 radical (unpaired) electrons. The second-order valence-electron chi connectivity index (χ2n) is 10.1. The summed E-state index contributed by atoms with van der Waals surface area (Å²) in [5.74, 6) is 0. The molecule has 2 bridgehead atoms. The molecule has 0 spiro atoms. The molecule has 0 unspecified atom stereocenters. The molecule has 2 aromatic carbocycles. The monoisotopic (exact) mass is 389 g/mol. The third kappa shape index (κ3) is 2.11. The van der Waals surface area contributed by atoms with Gasteiger partial charge < -0.3 is 0 Å². The first-order valence-electron chi connectivity index (χ1n) is 11.5. The fourth-order valence-electron chi connectivity index (χ4n) is 7.08. The zero-order valence-corrected chi connectivity index (χ0v) is 20.6. The lowest BCUT2D eigenvalue weighted by molar-refractivity contribution is 0.0886. The van der Waals surface area contributed by atoms with Gasteiger partial charge in [-0.1, -0.05) is 13.3 Å². The molecule has 0 aromatic heterocycles. The Kier molecular flexibility index (Phi) is 4.42. The van der Waals surface area contributed by atoms with E-state index in [1.165, 1.54) is 57.0 Å². The summed E-state index contributed by atoms with van der Waals surface area (Å²) >= 11 is 0. The molecular formula is C28H39N. The molecule has 156 valence electrons. The number of hydrogen-bond acceptors (Lipinski definition) is 1. The predicted octanol–water partition coefficient (Wildman–Crippen LogP) is 7.59. The minimum Gasteiger partial charge on any atom is -0.277 e. The maximum absolute atomic E-state index is 2.84. The van der Waals surface area contributed by atoms with Crippen molar-refractivity contribution in [3.05, 3.63) is 55.7 Å². The number of rotatable bonds is 3. The van der Waals surface area contributed by atoms with Gasteiger partial charge in [-0.05, 0) is 142 Å². The van der Waals surface area contributed by atoms with Crippen LogP contribution < -0.4 is 0 Å². The van der Waals surface area contributed by atoms with Crippen LogP contribution in [0.4, 0.5) is 0 Å². The van der Waals surface area contributed by atoms with Crippen LogP contribution in [0.2, 0.25) is 0 Å². The number of hydrogen-bond donors (Lipinski definition) is 0. The van der Waals surface area contributed by atoms with Crippen molar-refractivity contribution in [3.8, 4) is 0 Å². The first kappa shape index (κ1) is 20.7. The number of aryl methyl sites for hydroxylation is 4. The van der Waals surface area contributed by atoms with Gasteiger partial charge in [-0.3, -0.25) is 4.90 Å². The molecule has 2 atom stereocenters. The zero-order chi connectivity index (χ0) is 21.6. The molecule has 2 aromatic rings. The maximum Gasteiger partial charge on any atom is 0.0663 e. The van der Waals surface area contributed by atoms with Crippen LogP contribution in [0.15, 0.2) is 11.1 Å². The molecule has 4 rings (SSSR count). The standard InChI is InChI=1S/C28H39N/c1-12-13-14-29-27(10)21(8)22(9)28(29,11)26-20(7)24-18(5)16(3)15(2)17(4)23(24)19(6)25(26)27/h12-14H2,1-11H3/t27-,28+. The van der Waals surface area contributed by atoms with E-state index in [4.69, 9.17) is 0 Å². The van der Waals surface area contributed by atoms with Crippen LogP contribution in [0.3, 0.4) is 0 Å². The Morgan fingerprint density at radius 1 is 0.586 bits per heavy atom. The van der Waals surface area contributed by atoms with E-state index in [0.29, 0.717) is 0 Å². The first-order valence-corrected chi connectivity index (χ1v) is 11.5. The highest BCUT2D eigenvalue weighted by molar-refractivity contribution is 5.99. The van der Waals surface area contributed by atoms with Gasteiger partial charge in [0.1, 0.15) is 0 Å². The van der Waals surface area contributed by atoms with Gasteiger partial charge in [0.2, 0.25) is 0 Å². The molecule has 0 fully saturated rings. The van der Waals surface area contributed by atoms with Crippen molar-refractivity contribution >= 4 is 10.8 Å². The van der Waals surface area contributed by atoms with E-state index in [1.807, 2.05) is 0 Å². The molecule has 0 N–H and O–H groups in total. The summed E-state index contributed by atoms with van der Waals surface area (Å²) in [6.07, 6.45) is 2.50. The Balaban J connectivity index is 2.21. The van der Waals surface area contributed by atoms with Gasteiger partial charge >= 0.3 is 0 Å². The first-order chi connectivity index (χ1) is 13.5. The average molecular weight is 390 g/mol. The summed E-state index contributed by atoms with van der Waals surface area (Å²) in [6, 6.07) is 0. The zero-order valence-electron chi connectivity index (χ0n) is 20.6. The van der Waals surface area contributed by atoms with Gasteiger partial charge in [-0.15, -0.1) is 0 Å². The lowest BCUT2D eigenvalue weighted by Crippen LogP contribution is -2.44. The molecule has 29 heavy (non-hydrogen) atoms. The Morgan fingerprint density at radius 2 is 0.966 bits per heavy atom. The predicted molar refractivity (Wildman–Crippen MR) is 127 cm³/mol. The van der Waals surface area contributed by atoms with Crippen LogP contribution >= 0.6 is 0 Å². The van der Waals surface area contributed by atoms with Gasteiger partial charge in [-0.25, -0.2) is 0 Å². The van der Waals surface area contributed by atoms with E-state index < -0.39 is 0 Å². The van der Waals surface area contributed by atoms with Gasteiger partial charge in [0.25, 0.3) is 0 Å². The van der Waals surface area contributed by atoms with Gasteiger partial charge in [0.15, 0.2) is 0 Å². The smallest absolute Gasteiger partial charge is 0.0663 e. The second kappa shape index (κ2) is 6.20. The number of benzene rings is 2. The van der Waals surface area contributed by atoms with Crippen molar-refractivity contribution in [1.82, 2.24) is 4.90 Å². The van der Waals surface area contributed by atoms with Crippen molar-refractivity contribution < 1.29 is 0 Å². The molecule has 1 nitrogen and oxygen atoms in total. The number of nitrogens with zero attached hydrogens (tertiary/aromatic N) is 1. The van der Waals surface area contributed by atoms with E-state index in [2.05, 4.69) is 81.1 Å². The summed E-state index contributed by atoms with van der Waals surface area (Å²) in [6.45, 7) is 27.3. The number of fused-ring (bicyclic) bond motifs is 6. The van der Waals surface area contributed by atoms with Crippen LogP contribution in [-0.2, 0) is 11.1 Å². The SMILES string of the molecule is CCCCN1[C@@]2(C)C(C)=C(C)[C@]1(C)c1c2c(C)c2c(C)c(C)c(C)c(C)c2c1C. The molecule has 1 heteroatoms. The molecule has 0 saturated heterocycles. The summed E-state index contributed by atoms with van der Waals surface area (Å²) < 4.78 is 0. The van der Waals surface area contributed by atoms with Gasteiger partial charge in [-0.2, -0.15) is 0 Å². The molecule has 0 aliphatic carbocycles. The van der Waals surface area contributed by atoms with Crippen LogP contribution in [0, 0.1) is 41.5 Å². The highest BCUT2D eigenvalue weighted by atomic mass is 15.3. The maximum atomic E-state index is 2.84. The third-order valence-electron chi connectivity index (χ3n) is 9.25. The van der Waals surface area contributed by atoms with Crippen molar-refractivity contribution in [2.24, 2.45) is 0 Å². The van der Waals surface area contributed by atoms with Gasteiger partial charge in [0.05, 0.1) is 11.1 Å². The van der Waals surface area contributed by atoms with E-state index in [9.17, 15) is 0 Å². The number of unbranched alkanes of at least 4 members (excludes halogenated alkanes) is 1. The van der Waals surface area contributed by atoms with Crippen LogP contribution in [0.25, 0.3) is 10.8 Å². The summed E-state index contributed by atoms with van der Waals surface area (Å²) in [5.41, 5.74) is 15.3. The normalized spacial score (nSPS) is 26.2. The van der Waals surface area contributed by atoms with Gasteiger partial charge in [0, 0.05) is 6.54 Å². The molecule has 2 aliphatic rings. The highest BCUT2D eigenvalue weighted by Gasteiger charge is 2.62. The molecule has 0 saturated carbocycles. The summed E-state index contributed by atoms with van der Waals surface area (Å²) in [7, 11) is 0. The average Bonchev–Trinajstić information content (AvgIpc) is 2.97. The van der Waals surface area contributed by atoms with Crippen molar-refractivity contribution in [2.75, 3.05) is 6.54 Å². The largest absolute Gasteiger partial charge is 0.277 e. The molecule has 2 heterocycles. The van der Waals surface area contributed by atoms with Crippen molar-refractivity contribution in [1.29, 1.82) is 0 Å². The molecule has 0 amide bonds. The Bertz CT molecular complexity index is 1020. The highest BCUT2D eigenvalue weighted by Crippen LogP contribution is 2.65. The van der Waals surface area contributed by atoms with Crippen molar-refractivity contribution in [3.63, 3.8) is 0 Å². The fourth-order valence-corrected chi connectivity index (χ4v) is 7.08. The Hall–Kier alpha value is -1.60. The van der Waals surface area contributed by atoms with Crippen LogP contribution in [0.5, 0.6) is 0 Å². The van der Waals surface area contributed by atoms with E-state index in [-0.39, 0.29) is 11.1 Å². The quantitative estimate of drug-likeness (QED) is 0.489. The molecular weight excluding hydrogens is 350 g/mol. The van der Waals surface area contributed by atoms with E-state index >= 15 is 0 Å².